The Bertz CT molecular complexity index is 1020. The van der Waals surface area contributed by atoms with Gasteiger partial charge in [0, 0.05) is 39.7 Å². The van der Waals surface area contributed by atoms with Crippen LogP contribution < -0.4 is 5.43 Å². The maximum absolute atomic E-state index is 12.0. The first-order valence-corrected chi connectivity index (χ1v) is 10.7. The second-order valence-electron chi connectivity index (χ2n) is 7.14. The molecule has 0 fully saturated rings. The third kappa shape index (κ3) is 5.39. The van der Waals surface area contributed by atoms with Gasteiger partial charge in [-0.3, -0.25) is 4.79 Å². The molecule has 1 amide bonds. The Hall–Kier alpha value is -2.79. The minimum Gasteiger partial charge on any atom is -0.318 e. The molecule has 0 spiro atoms. The first-order valence-electron chi connectivity index (χ1n) is 9.72. The van der Waals surface area contributed by atoms with E-state index in [-0.39, 0.29) is 5.91 Å². The Kier molecular flexibility index (Phi) is 6.94. The predicted molar refractivity (Wildman–Crippen MR) is 122 cm³/mol. The van der Waals surface area contributed by atoms with Crippen LogP contribution in [-0.4, -0.2) is 22.4 Å². The van der Waals surface area contributed by atoms with E-state index in [0.717, 1.165) is 28.4 Å². The summed E-state index contributed by atoms with van der Waals surface area (Å²) < 4.78 is 2.21. The van der Waals surface area contributed by atoms with Gasteiger partial charge in [-0.1, -0.05) is 24.3 Å². The molecular formula is C24H27N3OS. The fraction of sp³-hybridized carbons (Fsp3) is 0.250. The highest BCUT2D eigenvalue weighted by molar-refractivity contribution is 7.99. The van der Waals surface area contributed by atoms with E-state index in [9.17, 15) is 4.79 Å². The topological polar surface area (TPSA) is 46.4 Å². The molecule has 150 valence electrons. The molecule has 0 aliphatic rings. The molecule has 5 heteroatoms. The maximum Gasteiger partial charge on any atom is 0.240 e. The molecule has 3 aromatic rings. The summed E-state index contributed by atoms with van der Waals surface area (Å²) in [6, 6.07) is 18.6. The van der Waals surface area contributed by atoms with Crippen molar-refractivity contribution >= 4 is 23.9 Å². The van der Waals surface area contributed by atoms with Crippen molar-refractivity contribution in [3.05, 3.63) is 82.7 Å². The quantitative estimate of drug-likeness (QED) is 0.327. The number of amides is 1. The van der Waals surface area contributed by atoms with E-state index in [1.807, 2.05) is 30.3 Å². The minimum atomic E-state index is -0.0763. The Morgan fingerprint density at radius 3 is 2.52 bits per heavy atom. The fourth-order valence-electron chi connectivity index (χ4n) is 3.19. The van der Waals surface area contributed by atoms with Gasteiger partial charge < -0.3 is 4.57 Å². The molecule has 0 bridgehead atoms. The Labute approximate surface area is 177 Å². The molecule has 0 saturated carbocycles. The van der Waals surface area contributed by atoms with Crippen molar-refractivity contribution in [2.24, 2.45) is 5.10 Å². The van der Waals surface area contributed by atoms with Crippen LogP contribution in [0.2, 0.25) is 0 Å². The average molecular weight is 406 g/mol. The molecule has 4 nitrogen and oxygen atoms in total. The number of nitrogens with zero attached hydrogens (tertiary/aromatic N) is 2. The van der Waals surface area contributed by atoms with Crippen molar-refractivity contribution in [2.75, 3.05) is 5.75 Å². The Balaban J connectivity index is 1.59. The summed E-state index contributed by atoms with van der Waals surface area (Å²) in [7, 11) is 0. The Morgan fingerprint density at radius 1 is 1.03 bits per heavy atom. The lowest BCUT2D eigenvalue weighted by atomic mass is 10.1. The highest BCUT2D eigenvalue weighted by Gasteiger charge is 2.10. The largest absolute Gasteiger partial charge is 0.318 e. The summed E-state index contributed by atoms with van der Waals surface area (Å²) in [5.74, 6) is 0.653. The van der Waals surface area contributed by atoms with E-state index in [0.29, 0.717) is 6.42 Å². The molecule has 29 heavy (non-hydrogen) atoms. The van der Waals surface area contributed by atoms with E-state index >= 15 is 0 Å². The summed E-state index contributed by atoms with van der Waals surface area (Å²) in [6.07, 6.45) is 2.15. The monoisotopic (exact) mass is 405 g/mol. The van der Waals surface area contributed by atoms with Crippen molar-refractivity contribution in [1.29, 1.82) is 0 Å². The number of aryl methyl sites for hydroxylation is 3. The van der Waals surface area contributed by atoms with Crippen LogP contribution in [0.4, 0.5) is 0 Å². The second kappa shape index (κ2) is 9.61. The highest BCUT2D eigenvalue weighted by Crippen LogP contribution is 2.22. The van der Waals surface area contributed by atoms with Gasteiger partial charge in [-0.25, -0.2) is 5.43 Å². The first kappa shape index (κ1) is 20.9. The smallest absolute Gasteiger partial charge is 0.240 e. The van der Waals surface area contributed by atoms with Gasteiger partial charge in [0.05, 0.1) is 6.21 Å². The van der Waals surface area contributed by atoms with Gasteiger partial charge in [-0.05, 0) is 69.2 Å². The third-order valence-corrected chi connectivity index (χ3v) is 5.97. The molecule has 1 N–H and O–H groups in total. The van der Waals surface area contributed by atoms with Gasteiger partial charge >= 0.3 is 0 Å². The minimum absolute atomic E-state index is 0.0763. The summed E-state index contributed by atoms with van der Waals surface area (Å²) in [5.41, 5.74) is 9.57. The number of hydrogen-bond donors (Lipinski definition) is 1. The van der Waals surface area contributed by atoms with Crippen molar-refractivity contribution in [2.45, 2.75) is 39.0 Å². The number of hydrazone groups is 1. The molecule has 2 aromatic carbocycles. The van der Waals surface area contributed by atoms with Gasteiger partial charge in [0.1, 0.15) is 0 Å². The normalized spacial score (nSPS) is 11.2. The van der Waals surface area contributed by atoms with Crippen LogP contribution in [0.1, 0.15) is 34.5 Å². The second-order valence-corrected chi connectivity index (χ2v) is 8.30. The van der Waals surface area contributed by atoms with Crippen molar-refractivity contribution in [3.8, 4) is 5.69 Å². The average Bonchev–Trinajstić information content (AvgIpc) is 2.98. The molecule has 0 atom stereocenters. The van der Waals surface area contributed by atoms with Crippen LogP contribution in [0.15, 0.2) is 64.6 Å². The molecule has 0 saturated heterocycles. The van der Waals surface area contributed by atoms with Gasteiger partial charge in [0.2, 0.25) is 5.91 Å². The van der Waals surface area contributed by atoms with Crippen LogP contribution >= 0.6 is 11.8 Å². The van der Waals surface area contributed by atoms with Crippen molar-refractivity contribution in [1.82, 2.24) is 9.99 Å². The number of carbonyl (C=O) groups is 1. The van der Waals surface area contributed by atoms with Crippen molar-refractivity contribution in [3.63, 3.8) is 0 Å². The standard InChI is InChI=1S/C24H27N3OS/c1-17-10-11-22(14-18(17)2)27-19(3)15-21(20(27)4)16-25-26-24(28)12-13-29-23-8-6-5-7-9-23/h5-11,14-16H,12-13H2,1-4H3,(H,26,28). The van der Waals surface area contributed by atoms with Crippen LogP contribution in [0, 0.1) is 27.7 Å². The van der Waals surface area contributed by atoms with Crippen molar-refractivity contribution < 1.29 is 4.79 Å². The molecule has 0 radical (unpaired) electrons. The zero-order valence-corrected chi connectivity index (χ0v) is 18.2. The maximum atomic E-state index is 12.0. The predicted octanol–water partition coefficient (Wildman–Crippen LogP) is 5.34. The number of carbonyl (C=O) groups excluding carboxylic acids is 1. The van der Waals surface area contributed by atoms with Gasteiger partial charge in [-0.15, -0.1) is 11.8 Å². The SMILES string of the molecule is Cc1ccc(-n2c(C)cc(C=NNC(=O)CCSc3ccccc3)c2C)cc1C. The zero-order chi connectivity index (χ0) is 20.8. The first-order chi connectivity index (χ1) is 14.0. The van der Waals surface area contributed by atoms with E-state index in [4.69, 9.17) is 0 Å². The molecule has 1 aromatic heterocycles. The summed E-state index contributed by atoms with van der Waals surface area (Å²) in [6.45, 7) is 8.40. The molecule has 0 aliphatic carbocycles. The van der Waals surface area contributed by atoms with Crippen LogP contribution in [0.25, 0.3) is 5.69 Å². The fourth-order valence-corrected chi connectivity index (χ4v) is 4.06. The molecule has 0 aliphatic heterocycles. The van der Waals surface area contributed by atoms with Crippen LogP contribution in [-0.2, 0) is 4.79 Å². The lowest BCUT2D eigenvalue weighted by Crippen LogP contribution is -2.17. The van der Waals surface area contributed by atoms with E-state index in [1.165, 1.54) is 16.0 Å². The lowest BCUT2D eigenvalue weighted by Gasteiger charge is -2.11. The number of nitrogens with one attached hydrogen (secondary N) is 1. The third-order valence-electron chi connectivity index (χ3n) is 4.95. The van der Waals surface area contributed by atoms with Crippen LogP contribution in [0.3, 0.4) is 0 Å². The van der Waals surface area contributed by atoms with E-state index in [2.05, 4.69) is 67.1 Å². The number of aromatic nitrogens is 1. The number of benzene rings is 2. The summed E-state index contributed by atoms with van der Waals surface area (Å²) in [5, 5.41) is 4.16. The number of thioether (sulfide) groups is 1. The van der Waals surface area contributed by atoms with Gasteiger partial charge in [0.25, 0.3) is 0 Å². The van der Waals surface area contributed by atoms with Gasteiger partial charge in [-0.2, -0.15) is 5.10 Å². The number of hydrogen-bond acceptors (Lipinski definition) is 3. The zero-order valence-electron chi connectivity index (χ0n) is 17.4. The lowest BCUT2D eigenvalue weighted by molar-refractivity contribution is -0.120. The highest BCUT2D eigenvalue weighted by atomic mass is 32.2. The van der Waals surface area contributed by atoms with E-state index in [1.54, 1.807) is 18.0 Å². The number of rotatable bonds is 7. The van der Waals surface area contributed by atoms with Crippen LogP contribution in [0.5, 0.6) is 0 Å². The summed E-state index contributed by atoms with van der Waals surface area (Å²) >= 11 is 1.67. The molecular weight excluding hydrogens is 378 g/mol. The Morgan fingerprint density at radius 2 is 1.79 bits per heavy atom. The molecule has 1 heterocycles. The van der Waals surface area contributed by atoms with Gasteiger partial charge in [0.15, 0.2) is 0 Å². The summed E-state index contributed by atoms with van der Waals surface area (Å²) in [4.78, 5) is 13.2. The molecule has 3 rings (SSSR count). The van der Waals surface area contributed by atoms with E-state index < -0.39 is 0 Å². The molecule has 0 unspecified atom stereocenters.